The van der Waals surface area contributed by atoms with E-state index in [0.29, 0.717) is 5.92 Å². The van der Waals surface area contributed by atoms with Gasteiger partial charge in [0.25, 0.3) is 0 Å². The summed E-state index contributed by atoms with van der Waals surface area (Å²) in [5.41, 5.74) is 0. The van der Waals surface area contributed by atoms with E-state index in [1.165, 1.54) is 24.2 Å². The van der Waals surface area contributed by atoms with Crippen LogP contribution in [0.5, 0.6) is 0 Å². The van der Waals surface area contributed by atoms with Crippen LogP contribution in [0.3, 0.4) is 0 Å². The van der Waals surface area contributed by atoms with Crippen molar-refractivity contribution in [3.05, 3.63) is 29.3 Å². The van der Waals surface area contributed by atoms with Gasteiger partial charge in [0.1, 0.15) is 0 Å². The third-order valence-corrected chi connectivity index (χ3v) is 5.36. The molecule has 0 spiro atoms. The molecule has 0 saturated heterocycles. The van der Waals surface area contributed by atoms with Crippen molar-refractivity contribution in [2.75, 3.05) is 5.75 Å². The predicted molar refractivity (Wildman–Crippen MR) is 83.9 cm³/mol. The number of hydrogen-bond donors (Lipinski definition) is 1. The maximum atomic E-state index is 10.4. The van der Waals surface area contributed by atoms with Gasteiger partial charge in [-0.2, -0.15) is 0 Å². The molecule has 106 valence electrons. The zero-order valence-electron chi connectivity index (χ0n) is 11.7. The van der Waals surface area contributed by atoms with Crippen LogP contribution < -0.4 is 0 Å². The Balaban J connectivity index is 1.83. The number of hydrogen-bond acceptors (Lipinski definition) is 2. The molecule has 1 aromatic carbocycles. The van der Waals surface area contributed by atoms with E-state index in [-0.39, 0.29) is 6.10 Å². The van der Waals surface area contributed by atoms with Gasteiger partial charge in [-0.25, -0.2) is 0 Å². The summed E-state index contributed by atoms with van der Waals surface area (Å²) in [5.74, 6) is 2.76. The van der Waals surface area contributed by atoms with E-state index < -0.39 is 0 Å². The Labute approximate surface area is 125 Å². The van der Waals surface area contributed by atoms with Gasteiger partial charge < -0.3 is 5.11 Å². The molecular weight excluding hydrogens is 276 g/mol. The Hall–Kier alpha value is -0.180. The number of benzene rings is 1. The van der Waals surface area contributed by atoms with Crippen molar-refractivity contribution in [2.45, 2.75) is 44.1 Å². The normalized spacial score (nSPS) is 29.2. The van der Waals surface area contributed by atoms with Gasteiger partial charge in [0, 0.05) is 15.7 Å². The molecule has 1 aliphatic rings. The highest BCUT2D eigenvalue weighted by molar-refractivity contribution is 7.99. The average molecular weight is 299 g/mol. The first-order valence-electron chi connectivity index (χ1n) is 7.11. The Bertz CT molecular complexity index is 382. The van der Waals surface area contributed by atoms with Crippen LogP contribution in [0, 0.1) is 17.8 Å². The first kappa shape index (κ1) is 15.2. The molecule has 0 aliphatic heterocycles. The van der Waals surface area contributed by atoms with Crippen molar-refractivity contribution in [2.24, 2.45) is 17.8 Å². The van der Waals surface area contributed by atoms with Crippen molar-refractivity contribution in [3.8, 4) is 0 Å². The van der Waals surface area contributed by atoms with Gasteiger partial charge in [-0.1, -0.05) is 25.4 Å². The topological polar surface area (TPSA) is 20.2 Å². The maximum Gasteiger partial charge on any atom is 0.0662 e. The minimum Gasteiger partial charge on any atom is -0.392 e. The second-order valence-electron chi connectivity index (χ2n) is 6.01. The molecule has 0 aromatic heterocycles. The molecule has 1 aliphatic carbocycles. The molecule has 0 radical (unpaired) electrons. The molecule has 1 nitrogen and oxygen atoms in total. The fourth-order valence-electron chi connectivity index (χ4n) is 3.17. The van der Waals surface area contributed by atoms with E-state index in [4.69, 9.17) is 11.6 Å². The summed E-state index contributed by atoms with van der Waals surface area (Å²) in [6.45, 7) is 4.61. The minimum absolute atomic E-state index is 0.189. The van der Waals surface area contributed by atoms with Crippen molar-refractivity contribution in [3.63, 3.8) is 0 Å². The summed E-state index contributed by atoms with van der Waals surface area (Å²) in [6.07, 6.45) is 3.47. The summed E-state index contributed by atoms with van der Waals surface area (Å²) in [4.78, 5) is 1.18. The van der Waals surface area contributed by atoms with Crippen molar-refractivity contribution < 1.29 is 5.11 Å². The highest BCUT2D eigenvalue weighted by atomic mass is 35.5. The van der Waals surface area contributed by atoms with E-state index in [1.54, 1.807) is 11.8 Å². The summed E-state index contributed by atoms with van der Waals surface area (Å²) < 4.78 is 0. The fraction of sp³-hybridized carbons (Fsp3) is 0.625. The molecule has 0 heterocycles. The van der Waals surface area contributed by atoms with Crippen LogP contribution in [-0.2, 0) is 0 Å². The Morgan fingerprint density at radius 1 is 1.16 bits per heavy atom. The maximum absolute atomic E-state index is 10.4. The monoisotopic (exact) mass is 298 g/mol. The number of rotatable bonds is 4. The van der Waals surface area contributed by atoms with Gasteiger partial charge in [0.05, 0.1) is 6.10 Å². The van der Waals surface area contributed by atoms with Crippen molar-refractivity contribution in [1.82, 2.24) is 0 Å². The minimum atomic E-state index is -0.189. The highest BCUT2D eigenvalue weighted by Gasteiger charge is 2.28. The van der Waals surface area contributed by atoms with Crippen LogP contribution in [0.15, 0.2) is 29.2 Å². The van der Waals surface area contributed by atoms with Crippen LogP contribution >= 0.6 is 23.4 Å². The van der Waals surface area contributed by atoms with E-state index in [0.717, 1.165) is 22.6 Å². The number of aliphatic hydroxyl groups excluding tert-OH is 1. The van der Waals surface area contributed by atoms with Crippen molar-refractivity contribution in [1.29, 1.82) is 0 Å². The highest BCUT2D eigenvalue weighted by Crippen LogP contribution is 2.36. The van der Waals surface area contributed by atoms with Gasteiger partial charge >= 0.3 is 0 Å². The Morgan fingerprint density at radius 3 is 2.32 bits per heavy atom. The predicted octanol–water partition coefficient (Wildman–Crippen LogP) is 4.87. The van der Waals surface area contributed by atoms with Gasteiger partial charge in [0.15, 0.2) is 0 Å². The van der Waals surface area contributed by atoms with Crippen LogP contribution in [0.25, 0.3) is 0 Å². The average Bonchev–Trinajstić information content (AvgIpc) is 2.36. The van der Waals surface area contributed by atoms with E-state index in [2.05, 4.69) is 13.8 Å². The molecule has 1 N–H and O–H groups in total. The summed E-state index contributed by atoms with van der Waals surface area (Å²) >= 11 is 7.59. The lowest BCUT2D eigenvalue weighted by atomic mass is 9.75. The quantitative estimate of drug-likeness (QED) is 0.801. The molecule has 2 rings (SSSR count). The molecule has 3 atom stereocenters. The first-order valence-corrected chi connectivity index (χ1v) is 8.47. The summed E-state index contributed by atoms with van der Waals surface area (Å²) in [7, 11) is 0. The molecule has 1 saturated carbocycles. The second kappa shape index (κ2) is 7.01. The van der Waals surface area contributed by atoms with Crippen LogP contribution in [0.4, 0.5) is 0 Å². The molecular formula is C16H23ClOS. The molecule has 0 bridgehead atoms. The van der Waals surface area contributed by atoms with E-state index >= 15 is 0 Å². The molecule has 3 heteroatoms. The van der Waals surface area contributed by atoms with Crippen LogP contribution in [0.2, 0.25) is 5.02 Å². The summed E-state index contributed by atoms with van der Waals surface area (Å²) in [5, 5.41) is 11.1. The molecule has 19 heavy (non-hydrogen) atoms. The number of aliphatic hydroxyl groups is 1. The molecule has 3 unspecified atom stereocenters. The van der Waals surface area contributed by atoms with Gasteiger partial charge in [-0.15, -0.1) is 11.8 Å². The first-order chi connectivity index (χ1) is 9.04. The van der Waals surface area contributed by atoms with E-state index in [9.17, 15) is 5.11 Å². The lowest BCUT2D eigenvalue weighted by molar-refractivity contribution is 0.0723. The summed E-state index contributed by atoms with van der Waals surface area (Å²) in [6, 6.07) is 7.85. The fourth-order valence-corrected chi connectivity index (χ4v) is 4.26. The van der Waals surface area contributed by atoms with E-state index in [1.807, 2.05) is 24.3 Å². The lowest BCUT2D eigenvalue weighted by Gasteiger charge is -2.34. The zero-order chi connectivity index (χ0) is 13.8. The molecule has 1 fully saturated rings. The molecule has 0 amide bonds. The van der Waals surface area contributed by atoms with Crippen LogP contribution in [-0.4, -0.2) is 17.0 Å². The SMILES string of the molecule is CC1CC(C)CC(C(O)CSc2ccc(Cl)cc2)C1. The zero-order valence-corrected chi connectivity index (χ0v) is 13.3. The van der Waals surface area contributed by atoms with Gasteiger partial charge in [-0.3, -0.25) is 0 Å². The third-order valence-electron chi connectivity index (χ3n) is 3.99. The Morgan fingerprint density at radius 2 is 1.74 bits per heavy atom. The standard InChI is InChI=1S/C16H23ClOS/c1-11-7-12(2)9-13(8-11)16(18)10-19-15-5-3-14(17)4-6-15/h3-6,11-13,16,18H,7-10H2,1-2H3. The largest absolute Gasteiger partial charge is 0.392 e. The third kappa shape index (κ3) is 4.70. The van der Waals surface area contributed by atoms with Gasteiger partial charge in [0.2, 0.25) is 0 Å². The Kier molecular flexibility index (Phi) is 5.61. The molecule has 1 aromatic rings. The second-order valence-corrected chi connectivity index (χ2v) is 7.54. The van der Waals surface area contributed by atoms with Crippen LogP contribution in [0.1, 0.15) is 33.1 Å². The smallest absolute Gasteiger partial charge is 0.0662 e. The lowest BCUT2D eigenvalue weighted by Crippen LogP contribution is -2.30. The number of halogens is 1. The van der Waals surface area contributed by atoms with Crippen molar-refractivity contribution >= 4 is 23.4 Å². The number of thioether (sulfide) groups is 1. The van der Waals surface area contributed by atoms with Gasteiger partial charge in [-0.05, 0) is 61.3 Å².